The standard InChI is InChI=1S/C50H33N5/c51-49(33-17-4-1-5-18-33)52-50(34-19-6-2-7-20-34)53-55-47-40-27-15-13-25-38(40)37-24-12-14-26-39(37)44(47)41-30-31-43-45(48(41)55)42-29-28-32-16-10-11-23-36(32)46(42)54(43)35-21-8-3-9-22-35/h1-31H,(H2,51,52,53). The molecule has 0 bridgehead atoms. The minimum absolute atomic E-state index is 0.181. The average molecular weight is 704 g/mol. The lowest BCUT2D eigenvalue weighted by Gasteiger charge is -2.17. The quantitative estimate of drug-likeness (QED) is 0.107. The Bertz CT molecular complexity index is 3340. The summed E-state index contributed by atoms with van der Waals surface area (Å²) in [6, 6.07) is 65.8. The summed E-state index contributed by atoms with van der Waals surface area (Å²) in [4.78, 5) is 5.05. The highest BCUT2D eigenvalue weighted by Crippen LogP contribution is 2.46. The van der Waals surface area contributed by atoms with Gasteiger partial charge in [-0.15, -0.1) is 0 Å². The number of aromatic nitrogens is 2. The first-order valence-electron chi connectivity index (χ1n) is 18.6. The van der Waals surface area contributed by atoms with E-state index >= 15 is 0 Å². The Labute approximate surface area is 316 Å². The number of hydrogen-bond acceptors (Lipinski definition) is 1. The molecule has 0 unspecified atom stereocenters. The van der Waals surface area contributed by atoms with Crippen LogP contribution in [0.3, 0.4) is 0 Å². The van der Waals surface area contributed by atoms with Gasteiger partial charge >= 0.3 is 0 Å². The summed E-state index contributed by atoms with van der Waals surface area (Å²) in [6.45, 7) is 0. The van der Waals surface area contributed by atoms with E-state index in [1.54, 1.807) is 0 Å². The van der Waals surface area contributed by atoms with Crippen LogP contribution in [0.5, 0.6) is 0 Å². The van der Waals surface area contributed by atoms with Gasteiger partial charge in [0.15, 0.2) is 11.7 Å². The van der Waals surface area contributed by atoms with E-state index in [9.17, 15) is 5.41 Å². The molecule has 2 N–H and O–H groups in total. The van der Waals surface area contributed by atoms with Gasteiger partial charge in [-0.05, 0) is 45.8 Å². The minimum Gasteiger partial charge on any atom is -0.309 e. The fourth-order valence-corrected chi connectivity index (χ4v) is 8.61. The number of hydrogen-bond donors (Lipinski definition) is 2. The van der Waals surface area contributed by atoms with E-state index in [1.807, 2.05) is 48.5 Å². The molecule has 11 rings (SSSR count). The Kier molecular flexibility index (Phi) is 6.94. The highest BCUT2D eigenvalue weighted by molar-refractivity contribution is 6.37. The zero-order valence-corrected chi connectivity index (χ0v) is 29.7. The van der Waals surface area contributed by atoms with E-state index in [2.05, 4.69) is 154 Å². The normalized spacial score (nSPS) is 12.2. The first kappa shape index (κ1) is 31.1. The van der Waals surface area contributed by atoms with E-state index < -0.39 is 0 Å². The molecule has 9 aromatic carbocycles. The van der Waals surface area contributed by atoms with Crippen molar-refractivity contribution in [2.45, 2.75) is 0 Å². The fraction of sp³-hybridized carbons (Fsp3) is 0. The van der Waals surface area contributed by atoms with Gasteiger partial charge in [0.1, 0.15) is 0 Å². The maximum Gasteiger partial charge on any atom is 0.154 e. The van der Waals surface area contributed by atoms with Crippen LogP contribution in [0, 0.1) is 5.41 Å². The third-order valence-electron chi connectivity index (χ3n) is 11.0. The number of nitrogens with zero attached hydrogens (tertiary/aromatic N) is 3. The van der Waals surface area contributed by atoms with Crippen LogP contribution in [-0.4, -0.2) is 20.9 Å². The molecule has 5 nitrogen and oxygen atoms in total. The van der Waals surface area contributed by atoms with Crippen LogP contribution in [0.15, 0.2) is 193 Å². The molecule has 0 radical (unpaired) electrons. The topological polar surface area (TPSA) is 58.1 Å². The van der Waals surface area contributed by atoms with Crippen LogP contribution in [0.25, 0.3) is 81.6 Å². The first-order chi connectivity index (χ1) is 27.2. The van der Waals surface area contributed by atoms with Crippen molar-refractivity contribution in [3.63, 3.8) is 0 Å². The predicted molar refractivity (Wildman–Crippen MR) is 232 cm³/mol. The summed E-state index contributed by atoms with van der Waals surface area (Å²) >= 11 is 0. The molecule has 2 heterocycles. The number of rotatable bonds is 4. The van der Waals surface area contributed by atoms with Crippen molar-refractivity contribution < 1.29 is 0 Å². The summed E-state index contributed by atoms with van der Waals surface area (Å²) in [7, 11) is 0. The molecule has 11 aromatic rings. The first-order valence-corrected chi connectivity index (χ1v) is 18.6. The van der Waals surface area contributed by atoms with Crippen LogP contribution in [0.1, 0.15) is 11.1 Å². The second-order valence-electron chi connectivity index (χ2n) is 14.0. The largest absolute Gasteiger partial charge is 0.309 e. The maximum absolute atomic E-state index is 9.18. The molecule has 0 amide bonds. The zero-order chi connectivity index (χ0) is 36.5. The van der Waals surface area contributed by atoms with Crippen molar-refractivity contribution in [3.05, 3.63) is 199 Å². The molecule has 0 aliphatic carbocycles. The Morgan fingerprint density at radius 1 is 0.418 bits per heavy atom. The van der Waals surface area contributed by atoms with Crippen molar-refractivity contribution in [1.82, 2.24) is 9.24 Å². The molecule has 0 spiro atoms. The van der Waals surface area contributed by atoms with Crippen molar-refractivity contribution in [3.8, 4) is 5.69 Å². The van der Waals surface area contributed by atoms with Crippen LogP contribution in [0.2, 0.25) is 0 Å². The van der Waals surface area contributed by atoms with Crippen molar-refractivity contribution in [2.24, 2.45) is 4.99 Å². The van der Waals surface area contributed by atoms with Gasteiger partial charge in [0.05, 0.1) is 22.1 Å². The molecule has 5 heteroatoms. The van der Waals surface area contributed by atoms with Crippen LogP contribution in [0.4, 0.5) is 0 Å². The van der Waals surface area contributed by atoms with Crippen molar-refractivity contribution in [2.75, 3.05) is 5.43 Å². The summed E-state index contributed by atoms with van der Waals surface area (Å²) in [6.07, 6.45) is 0. The summed E-state index contributed by atoms with van der Waals surface area (Å²) < 4.78 is 4.68. The molecule has 0 saturated heterocycles. The van der Waals surface area contributed by atoms with E-state index in [0.29, 0.717) is 5.84 Å². The number of benzene rings is 9. The second kappa shape index (κ2) is 12.3. The van der Waals surface area contributed by atoms with Crippen LogP contribution in [-0.2, 0) is 0 Å². The van der Waals surface area contributed by atoms with E-state index in [0.717, 1.165) is 54.9 Å². The number of fused-ring (bicyclic) bond motifs is 14. The Hall–Kier alpha value is -7.50. The molecule has 0 saturated carbocycles. The molecule has 0 aliphatic heterocycles. The molecular weight excluding hydrogens is 671 g/mol. The van der Waals surface area contributed by atoms with Gasteiger partial charge in [0.25, 0.3) is 0 Å². The lowest BCUT2D eigenvalue weighted by atomic mass is 9.96. The Morgan fingerprint density at radius 3 is 1.67 bits per heavy atom. The van der Waals surface area contributed by atoms with E-state index in [-0.39, 0.29) is 5.84 Å². The Morgan fingerprint density at radius 2 is 0.945 bits per heavy atom. The molecule has 0 fully saturated rings. The predicted octanol–water partition coefficient (Wildman–Crippen LogP) is 12.4. The van der Waals surface area contributed by atoms with Gasteiger partial charge in [-0.3, -0.25) is 15.5 Å². The Balaban J connectivity index is 1.35. The number of para-hydroxylation sites is 1. The molecule has 0 aliphatic rings. The van der Waals surface area contributed by atoms with Gasteiger partial charge in [-0.1, -0.05) is 164 Å². The van der Waals surface area contributed by atoms with E-state index in [1.165, 1.54) is 37.8 Å². The minimum atomic E-state index is 0.181. The molecule has 258 valence electrons. The van der Waals surface area contributed by atoms with Gasteiger partial charge < -0.3 is 4.57 Å². The molecule has 2 aromatic heterocycles. The lowest BCUT2D eigenvalue weighted by molar-refractivity contribution is 1.09. The van der Waals surface area contributed by atoms with Crippen molar-refractivity contribution in [1.29, 1.82) is 5.41 Å². The third-order valence-corrected chi connectivity index (χ3v) is 11.0. The van der Waals surface area contributed by atoms with Crippen molar-refractivity contribution >= 4 is 87.6 Å². The highest BCUT2D eigenvalue weighted by atomic mass is 15.4. The fourth-order valence-electron chi connectivity index (χ4n) is 8.61. The molecule has 0 atom stereocenters. The highest BCUT2D eigenvalue weighted by Gasteiger charge is 2.25. The lowest BCUT2D eigenvalue weighted by Crippen LogP contribution is -2.25. The smallest absolute Gasteiger partial charge is 0.154 e. The van der Waals surface area contributed by atoms with Gasteiger partial charge in [-0.25, -0.2) is 4.99 Å². The van der Waals surface area contributed by atoms with Crippen LogP contribution >= 0.6 is 0 Å². The number of aliphatic imine (C=N–C) groups is 1. The monoisotopic (exact) mass is 703 g/mol. The van der Waals surface area contributed by atoms with Gasteiger partial charge in [0, 0.05) is 49.1 Å². The SMILES string of the molecule is N=C(N=C(Nn1c2c3ccccc3c3ccccc3c2c2ccc3c(c4ccc5ccccc5c4n3-c3ccccc3)c21)c1ccccc1)c1ccccc1. The van der Waals surface area contributed by atoms with Gasteiger partial charge in [0.2, 0.25) is 0 Å². The molecular formula is C50H33N5. The summed E-state index contributed by atoms with van der Waals surface area (Å²) in [5.41, 5.74) is 11.0. The zero-order valence-electron chi connectivity index (χ0n) is 29.7. The summed E-state index contributed by atoms with van der Waals surface area (Å²) in [5.74, 6) is 0.764. The molecule has 55 heavy (non-hydrogen) atoms. The van der Waals surface area contributed by atoms with Crippen LogP contribution < -0.4 is 5.43 Å². The maximum atomic E-state index is 9.18. The summed E-state index contributed by atoms with van der Waals surface area (Å²) in [5, 5.41) is 20.9. The number of nitrogens with one attached hydrogen (secondary N) is 2. The number of amidine groups is 2. The van der Waals surface area contributed by atoms with Gasteiger partial charge in [-0.2, -0.15) is 0 Å². The van der Waals surface area contributed by atoms with E-state index in [4.69, 9.17) is 4.99 Å². The average Bonchev–Trinajstić information content (AvgIpc) is 3.78. The second-order valence-corrected chi connectivity index (χ2v) is 14.0. The third kappa shape index (κ3) is 4.73.